The van der Waals surface area contributed by atoms with Gasteiger partial charge in [0.25, 0.3) is 5.91 Å². The average molecular weight is 556 g/mol. The summed E-state index contributed by atoms with van der Waals surface area (Å²) in [4.78, 5) is 12.6. The lowest BCUT2D eigenvalue weighted by atomic mass is 10.1. The minimum Gasteiger partial charge on any atom is -0.488 e. The van der Waals surface area contributed by atoms with Crippen LogP contribution in [0, 0.1) is 11.3 Å². The Morgan fingerprint density at radius 2 is 1.88 bits per heavy atom. The van der Waals surface area contributed by atoms with Crippen LogP contribution in [0.4, 0.5) is 5.69 Å². The Labute approximate surface area is 201 Å². The highest BCUT2D eigenvalue weighted by Gasteiger charge is 2.15. The number of carbonyl (C=O) groups excluding carboxylic acids is 1. The minimum atomic E-state index is -0.507. The van der Waals surface area contributed by atoms with E-state index in [-0.39, 0.29) is 19.0 Å². The van der Waals surface area contributed by atoms with Gasteiger partial charge in [-0.05, 0) is 60.2 Å². The van der Waals surface area contributed by atoms with Crippen LogP contribution in [0.5, 0.6) is 17.2 Å². The Morgan fingerprint density at radius 3 is 2.69 bits per heavy atom. The number of fused-ring (bicyclic) bond motifs is 1. The molecule has 1 heterocycles. The molecule has 32 heavy (non-hydrogen) atoms. The predicted octanol–water partition coefficient (Wildman–Crippen LogP) is 6.06. The molecule has 0 atom stereocenters. The number of hydrogen-bond donors (Lipinski definition) is 1. The number of carbonyl (C=O) groups is 1. The van der Waals surface area contributed by atoms with Crippen molar-refractivity contribution in [3.63, 3.8) is 0 Å². The highest BCUT2D eigenvalue weighted by atomic mass is 79.9. The van der Waals surface area contributed by atoms with Gasteiger partial charge >= 0.3 is 0 Å². The van der Waals surface area contributed by atoms with Gasteiger partial charge in [0.15, 0.2) is 11.5 Å². The van der Waals surface area contributed by atoms with Crippen LogP contribution in [0.25, 0.3) is 6.08 Å². The van der Waals surface area contributed by atoms with Gasteiger partial charge in [-0.2, -0.15) is 5.26 Å². The Kier molecular flexibility index (Phi) is 6.78. The summed E-state index contributed by atoms with van der Waals surface area (Å²) in [5.74, 6) is 1.41. The van der Waals surface area contributed by atoms with Gasteiger partial charge in [-0.25, -0.2) is 0 Å². The maximum absolute atomic E-state index is 12.6. The van der Waals surface area contributed by atoms with E-state index in [1.807, 2.05) is 36.4 Å². The quantitative estimate of drug-likeness (QED) is 0.295. The summed E-state index contributed by atoms with van der Waals surface area (Å²) >= 11 is 6.80. The van der Waals surface area contributed by atoms with Crippen LogP contribution in [-0.4, -0.2) is 12.7 Å². The second kappa shape index (κ2) is 9.90. The van der Waals surface area contributed by atoms with Gasteiger partial charge in [0, 0.05) is 20.2 Å². The van der Waals surface area contributed by atoms with E-state index in [0.29, 0.717) is 28.5 Å². The van der Waals surface area contributed by atoms with Crippen molar-refractivity contribution >= 4 is 49.5 Å². The predicted molar refractivity (Wildman–Crippen MR) is 127 cm³/mol. The third kappa shape index (κ3) is 5.31. The van der Waals surface area contributed by atoms with Crippen LogP contribution in [0.15, 0.2) is 75.2 Å². The summed E-state index contributed by atoms with van der Waals surface area (Å²) in [7, 11) is 0. The van der Waals surface area contributed by atoms with E-state index in [1.165, 1.54) is 6.08 Å². The molecule has 0 aliphatic carbocycles. The largest absolute Gasteiger partial charge is 0.488 e. The standard InChI is InChI=1S/C24H16Br2N2O4/c25-18-2-1-3-20(11-18)28-24(29)17(12-27)9-16-10-19(26)5-7-21(16)30-13-15-4-6-22-23(8-15)32-14-31-22/h1-11H,13-14H2,(H,28,29)/b17-9-. The Morgan fingerprint density at radius 1 is 1.06 bits per heavy atom. The Hall–Kier alpha value is -3.28. The second-order valence-electron chi connectivity index (χ2n) is 6.79. The van der Waals surface area contributed by atoms with E-state index >= 15 is 0 Å². The maximum atomic E-state index is 12.6. The maximum Gasteiger partial charge on any atom is 0.266 e. The fourth-order valence-electron chi connectivity index (χ4n) is 3.02. The first kappa shape index (κ1) is 21.9. The molecule has 3 aromatic carbocycles. The molecule has 0 aromatic heterocycles. The van der Waals surface area contributed by atoms with Crippen LogP contribution in [0.1, 0.15) is 11.1 Å². The fourth-order valence-corrected chi connectivity index (χ4v) is 3.80. The van der Waals surface area contributed by atoms with Crippen molar-refractivity contribution in [2.45, 2.75) is 6.61 Å². The van der Waals surface area contributed by atoms with Crippen LogP contribution in [-0.2, 0) is 11.4 Å². The summed E-state index contributed by atoms with van der Waals surface area (Å²) in [6.07, 6.45) is 1.51. The summed E-state index contributed by atoms with van der Waals surface area (Å²) < 4.78 is 18.3. The van der Waals surface area contributed by atoms with Gasteiger partial charge in [0.05, 0.1) is 0 Å². The molecule has 0 saturated carbocycles. The molecule has 1 aliphatic rings. The minimum absolute atomic E-state index is 0.0454. The number of amides is 1. The van der Waals surface area contributed by atoms with Crippen molar-refractivity contribution in [3.05, 3.63) is 86.3 Å². The molecule has 8 heteroatoms. The molecular formula is C24H16Br2N2O4. The summed E-state index contributed by atoms with van der Waals surface area (Å²) in [6, 6.07) is 20.1. The van der Waals surface area contributed by atoms with Gasteiger partial charge in [-0.1, -0.05) is 44.0 Å². The molecule has 0 unspecified atom stereocenters. The number of nitrogens with zero attached hydrogens (tertiary/aromatic N) is 1. The van der Waals surface area contributed by atoms with Crippen LogP contribution < -0.4 is 19.5 Å². The molecule has 160 valence electrons. The number of nitriles is 1. The topological polar surface area (TPSA) is 80.6 Å². The number of nitrogens with one attached hydrogen (secondary N) is 1. The monoisotopic (exact) mass is 554 g/mol. The molecule has 1 N–H and O–H groups in total. The highest BCUT2D eigenvalue weighted by molar-refractivity contribution is 9.10. The molecule has 1 amide bonds. The van der Waals surface area contributed by atoms with Crippen molar-refractivity contribution in [1.29, 1.82) is 5.26 Å². The summed E-state index contributed by atoms with van der Waals surface area (Å²) in [5, 5.41) is 12.3. The SMILES string of the molecule is N#C/C(=C/c1cc(Br)ccc1OCc1ccc2c(c1)OCO2)C(=O)Nc1cccc(Br)c1. The second-order valence-corrected chi connectivity index (χ2v) is 8.62. The first-order valence-electron chi connectivity index (χ1n) is 9.51. The number of benzene rings is 3. The molecule has 1 aliphatic heterocycles. The lowest BCUT2D eigenvalue weighted by molar-refractivity contribution is -0.112. The smallest absolute Gasteiger partial charge is 0.266 e. The average Bonchev–Trinajstić information content (AvgIpc) is 3.24. The zero-order valence-electron chi connectivity index (χ0n) is 16.6. The van der Waals surface area contributed by atoms with E-state index < -0.39 is 5.91 Å². The van der Waals surface area contributed by atoms with Gasteiger partial charge in [-0.15, -0.1) is 0 Å². The molecule has 0 bridgehead atoms. The third-order valence-corrected chi connectivity index (χ3v) is 5.54. The first-order valence-corrected chi connectivity index (χ1v) is 11.1. The molecule has 0 saturated heterocycles. The van der Waals surface area contributed by atoms with Gasteiger partial charge < -0.3 is 19.5 Å². The van der Waals surface area contributed by atoms with Crippen molar-refractivity contribution in [3.8, 4) is 23.3 Å². The normalized spacial score (nSPS) is 12.2. The van der Waals surface area contributed by atoms with Crippen molar-refractivity contribution in [1.82, 2.24) is 0 Å². The number of ether oxygens (including phenoxy) is 3. The van der Waals surface area contributed by atoms with Crippen LogP contribution in [0.2, 0.25) is 0 Å². The van der Waals surface area contributed by atoms with Gasteiger partial charge in [-0.3, -0.25) is 4.79 Å². The van der Waals surface area contributed by atoms with E-state index in [9.17, 15) is 10.1 Å². The Bertz CT molecular complexity index is 1250. The molecule has 4 rings (SSSR count). The van der Waals surface area contributed by atoms with E-state index in [4.69, 9.17) is 14.2 Å². The zero-order chi connectivity index (χ0) is 22.5. The number of anilines is 1. The van der Waals surface area contributed by atoms with Gasteiger partial charge in [0.1, 0.15) is 24.0 Å². The molecule has 0 radical (unpaired) electrons. The van der Waals surface area contributed by atoms with E-state index in [2.05, 4.69) is 37.2 Å². The molecule has 0 fully saturated rings. The lowest BCUT2D eigenvalue weighted by Gasteiger charge is -2.11. The number of hydrogen-bond acceptors (Lipinski definition) is 5. The van der Waals surface area contributed by atoms with E-state index in [1.54, 1.807) is 30.3 Å². The zero-order valence-corrected chi connectivity index (χ0v) is 19.8. The summed E-state index contributed by atoms with van der Waals surface area (Å²) in [5.41, 5.74) is 2.04. The molecule has 6 nitrogen and oxygen atoms in total. The van der Waals surface area contributed by atoms with Crippen molar-refractivity contribution < 1.29 is 19.0 Å². The molecular weight excluding hydrogens is 540 g/mol. The van der Waals surface area contributed by atoms with Crippen molar-refractivity contribution in [2.75, 3.05) is 12.1 Å². The summed E-state index contributed by atoms with van der Waals surface area (Å²) in [6.45, 7) is 0.492. The first-order chi connectivity index (χ1) is 15.5. The van der Waals surface area contributed by atoms with Crippen molar-refractivity contribution in [2.24, 2.45) is 0 Å². The molecule has 0 spiro atoms. The van der Waals surface area contributed by atoms with E-state index in [0.717, 1.165) is 14.5 Å². The van der Waals surface area contributed by atoms with Crippen LogP contribution in [0.3, 0.4) is 0 Å². The highest BCUT2D eigenvalue weighted by Crippen LogP contribution is 2.33. The Balaban J connectivity index is 1.54. The third-order valence-electron chi connectivity index (χ3n) is 4.55. The number of halogens is 2. The van der Waals surface area contributed by atoms with Crippen LogP contribution >= 0.6 is 31.9 Å². The lowest BCUT2D eigenvalue weighted by Crippen LogP contribution is -2.13. The van der Waals surface area contributed by atoms with Gasteiger partial charge in [0.2, 0.25) is 6.79 Å². The molecule has 3 aromatic rings. The fraction of sp³-hybridized carbons (Fsp3) is 0.0833. The number of rotatable bonds is 6.